The van der Waals surface area contributed by atoms with Crippen LogP contribution >= 0.6 is 11.3 Å². The van der Waals surface area contributed by atoms with Gasteiger partial charge in [0, 0.05) is 32.0 Å². The number of ketones is 2. The first kappa shape index (κ1) is 17.2. The Bertz CT molecular complexity index is 1060. The number of benzene rings is 2. The number of carbonyl (C=O) groups is 2. The van der Waals surface area contributed by atoms with Crippen LogP contribution in [-0.4, -0.2) is 11.6 Å². The average molecular weight is 362 g/mol. The summed E-state index contributed by atoms with van der Waals surface area (Å²) in [6, 6.07) is 10.1. The van der Waals surface area contributed by atoms with E-state index in [4.69, 9.17) is 0 Å². The molecule has 132 valence electrons. The zero-order valence-corrected chi connectivity index (χ0v) is 16.3. The summed E-state index contributed by atoms with van der Waals surface area (Å²) in [4.78, 5) is 28.5. The third-order valence-corrected chi connectivity index (χ3v) is 6.56. The Kier molecular flexibility index (Phi) is 4.28. The van der Waals surface area contributed by atoms with Crippen LogP contribution in [0.5, 0.6) is 0 Å². The SMILES string of the molecule is CCCCc1ccc2c3c(ccc2c1)C(=O)c1c(CC)sc(C)c1C3=O. The number of aryl methyl sites for hydroxylation is 3. The van der Waals surface area contributed by atoms with E-state index in [-0.39, 0.29) is 11.6 Å². The van der Waals surface area contributed by atoms with Gasteiger partial charge >= 0.3 is 0 Å². The molecule has 0 bridgehead atoms. The molecule has 1 aliphatic rings. The van der Waals surface area contributed by atoms with E-state index in [2.05, 4.69) is 19.1 Å². The predicted molar refractivity (Wildman–Crippen MR) is 108 cm³/mol. The standard InChI is InChI=1S/C23H22O2S/c1-4-6-7-14-8-10-16-15(12-14)9-11-17-20(16)23(25)19-13(3)26-18(5-2)21(19)22(17)24/h8-12H,4-7H2,1-3H3. The van der Waals surface area contributed by atoms with E-state index in [1.165, 1.54) is 5.56 Å². The van der Waals surface area contributed by atoms with Crippen molar-refractivity contribution in [1.29, 1.82) is 0 Å². The van der Waals surface area contributed by atoms with Crippen molar-refractivity contribution in [3.8, 4) is 0 Å². The van der Waals surface area contributed by atoms with Gasteiger partial charge < -0.3 is 0 Å². The average Bonchev–Trinajstić information content (AvgIpc) is 3.00. The molecule has 0 atom stereocenters. The van der Waals surface area contributed by atoms with Crippen molar-refractivity contribution in [2.24, 2.45) is 0 Å². The smallest absolute Gasteiger partial charge is 0.196 e. The molecule has 0 saturated heterocycles. The molecule has 0 radical (unpaired) electrons. The number of fused-ring (bicyclic) bond motifs is 4. The Morgan fingerprint density at radius 3 is 2.46 bits per heavy atom. The van der Waals surface area contributed by atoms with Gasteiger partial charge in [0.25, 0.3) is 0 Å². The van der Waals surface area contributed by atoms with E-state index in [1.54, 1.807) is 11.3 Å². The van der Waals surface area contributed by atoms with E-state index in [9.17, 15) is 9.59 Å². The van der Waals surface area contributed by atoms with Gasteiger partial charge in [-0.3, -0.25) is 9.59 Å². The summed E-state index contributed by atoms with van der Waals surface area (Å²) in [7, 11) is 0. The summed E-state index contributed by atoms with van der Waals surface area (Å²) in [6.45, 7) is 6.18. The zero-order chi connectivity index (χ0) is 18.4. The fraction of sp³-hybridized carbons (Fsp3) is 0.304. The van der Waals surface area contributed by atoms with E-state index in [1.807, 2.05) is 32.0 Å². The zero-order valence-electron chi connectivity index (χ0n) is 15.4. The van der Waals surface area contributed by atoms with Gasteiger partial charge in [-0.2, -0.15) is 0 Å². The van der Waals surface area contributed by atoms with Crippen LogP contribution in [0.1, 0.15) is 73.8 Å². The Morgan fingerprint density at radius 2 is 1.73 bits per heavy atom. The van der Waals surface area contributed by atoms with Gasteiger partial charge in [0.15, 0.2) is 11.6 Å². The quantitative estimate of drug-likeness (QED) is 0.453. The van der Waals surface area contributed by atoms with Gasteiger partial charge in [0.1, 0.15) is 0 Å². The third kappa shape index (κ3) is 2.45. The second-order valence-electron chi connectivity index (χ2n) is 6.99. The molecule has 2 nitrogen and oxygen atoms in total. The molecule has 3 aromatic rings. The molecule has 26 heavy (non-hydrogen) atoms. The molecule has 3 heteroatoms. The molecule has 0 unspecified atom stereocenters. The summed E-state index contributed by atoms with van der Waals surface area (Å²) in [5.74, 6) is 0.0164. The van der Waals surface area contributed by atoms with Gasteiger partial charge in [-0.05, 0) is 48.6 Å². The monoisotopic (exact) mass is 362 g/mol. The molecular weight excluding hydrogens is 340 g/mol. The van der Waals surface area contributed by atoms with Crippen molar-refractivity contribution in [3.05, 3.63) is 67.9 Å². The first-order valence-electron chi connectivity index (χ1n) is 9.34. The maximum atomic E-state index is 13.3. The molecule has 4 rings (SSSR count). The summed E-state index contributed by atoms with van der Waals surface area (Å²) < 4.78 is 0. The lowest BCUT2D eigenvalue weighted by Gasteiger charge is -2.18. The van der Waals surface area contributed by atoms with Crippen molar-refractivity contribution < 1.29 is 9.59 Å². The van der Waals surface area contributed by atoms with Crippen LogP contribution in [0, 0.1) is 6.92 Å². The van der Waals surface area contributed by atoms with Gasteiger partial charge in [0.2, 0.25) is 0 Å². The van der Waals surface area contributed by atoms with Crippen molar-refractivity contribution in [3.63, 3.8) is 0 Å². The van der Waals surface area contributed by atoms with Gasteiger partial charge in [-0.15, -0.1) is 11.3 Å². The van der Waals surface area contributed by atoms with Crippen LogP contribution in [0.4, 0.5) is 0 Å². The number of carbonyl (C=O) groups excluding carboxylic acids is 2. The minimum absolute atomic E-state index is 0.00718. The number of unbranched alkanes of at least 4 members (excludes halogenated alkanes) is 1. The number of thiophene rings is 1. The van der Waals surface area contributed by atoms with Crippen LogP contribution in [0.25, 0.3) is 10.8 Å². The summed E-state index contributed by atoms with van der Waals surface area (Å²) in [5, 5.41) is 1.95. The lowest BCUT2D eigenvalue weighted by atomic mass is 9.81. The number of hydrogen-bond acceptors (Lipinski definition) is 3. The Morgan fingerprint density at radius 1 is 0.923 bits per heavy atom. The minimum Gasteiger partial charge on any atom is -0.289 e. The lowest BCUT2D eigenvalue weighted by Crippen LogP contribution is -2.21. The summed E-state index contributed by atoms with van der Waals surface area (Å²) in [5.41, 5.74) is 3.71. The highest BCUT2D eigenvalue weighted by Gasteiger charge is 2.35. The first-order chi connectivity index (χ1) is 12.6. The van der Waals surface area contributed by atoms with Crippen molar-refractivity contribution in [1.82, 2.24) is 0 Å². The molecule has 0 aliphatic heterocycles. The van der Waals surface area contributed by atoms with Crippen molar-refractivity contribution >= 4 is 33.7 Å². The summed E-state index contributed by atoms with van der Waals surface area (Å²) >= 11 is 1.58. The third-order valence-electron chi connectivity index (χ3n) is 5.31. The van der Waals surface area contributed by atoms with Crippen LogP contribution in [0.15, 0.2) is 30.3 Å². The van der Waals surface area contributed by atoms with Crippen LogP contribution in [-0.2, 0) is 12.8 Å². The van der Waals surface area contributed by atoms with Gasteiger partial charge in [0.05, 0.1) is 0 Å². The maximum absolute atomic E-state index is 13.3. The van der Waals surface area contributed by atoms with E-state index < -0.39 is 0 Å². The highest BCUT2D eigenvalue weighted by molar-refractivity contribution is 7.12. The highest BCUT2D eigenvalue weighted by Crippen LogP contribution is 2.39. The van der Waals surface area contributed by atoms with Crippen LogP contribution in [0.2, 0.25) is 0 Å². The second kappa shape index (κ2) is 6.48. The molecular formula is C23H22O2S. The van der Waals surface area contributed by atoms with Crippen LogP contribution < -0.4 is 0 Å². The molecule has 1 aliphatic carbocycles. The maximum Gasteiger partial charge on any atom is 0.196 e. The Labute approximate surface area is 157 Å². The molecule has 1 aromatic heterocycles. The van der Waals surface area contributed by atoms with Crippen molar-refractivity contribution in [2.75, 3.05) is 0 Å². The fourth-order valence-electron chi connectivity index (χ4n) is 3.97. The Hall–Kier alpha value is -2.26. The van der Waals surface area contributed by atoms with Crippen LogP contribution in [0.3, 0.4) is 0 Å². The van der Waals surface area contributed by atoms with E-state index in [0.29, 0.717) is 22.3 Å². The van der Waals surface area contributed by atoms with E-state index in [0.717, 1.165) is 46.2 Å². The molecule has 0 saturated carbocycles. The number of rotatable bonds is 4. The molecule has 0 amide bonds. The minimum atomic E-state index is 0.00718. The van der Waals surface area contributed by atoms with Crippen molar-refractivity contribution in [2.45, 2.75) is 46.5 Å². The molecule has 0 N–H and O–H groups in total. The van der Waals surface area contributed by atoms with Gasteiger partial charge in [-0.25, -0.2) is 0 Å². The molecule has 1 heterocycles. The fourth-order valence-corrected chi connectivity index (χ4v) is 5.08. The van der Waals surface area contributed by atoms with Gasteiger partial charge in [-0.1, -0.05) is 44.5 Å². The molecule has 0 fully saturated rings. The molecule has 2 aromatic carbocycles. The Balaban J connectivity index is 1.92. The second-order valence-corrected chi connectivity index (χ2v) is 8.30. The molecule has 0 spiro atoms. The largest absolute Gasteiger partial charge is 0.289 e. The topological polar surface area (TPSA) is 34.1 Å². The van der Waals surface area contributed by atoms with E-state index >= 15 is 0 Å². The highest BCUT2D eigenvalue weighted by atomic mass is 32.1. The predicted octanol–water partition coefficient (Wildman–Crippen LogP) is 5.89. The summed E-state index contributed by atoms with van der Waals surface area (Å²) in [6.07, 6.45) is 4.15. The normalized spacial score (nSPS) is 13.2. The number of hydrogen-bond donors (Lipinski definition) is 0. The lowest BCUT2D eigenvalue weighted by molar-refractivity contribution is 0.0980. The first-order valence-corrected chi connectivity index (χ1v) is 10.2.